The molecule has 0 aromatic heterocycles. The maximum Gasteiger partial charge on any atom is 2.00 e. The average molecular weight is 348 g/mol. The summed E-state index contributed by atoms with van der Waals surface area (Å²) in [5.74, 6) is 0. The molecule has 0 radical (unpaired) electrons. The Morgan fingerprint density at radius 2 is 1.60 bits per heavy atom. The van der Waals surface area contributed by atoms with Gasteiger partial charge < -0.3 is 5.73 Å². The Balaban J connectivity index is -0.000000322. The number of hydrogen-bond acceptors (Lipinski definition) is 0. The van der Waals surface area contributed by atoms with Gasteiger partial charge in [0.1, 0.15) is 0 Å². The van der Waals surface area contributed by atoms with E-state index in [2.05, 4.69) is 43.4 Å². The van der Waals surface area contributed by atoms with Crippen LogP contribution >= 0.6 is 24.8 Å². The molecule has 1 N–H and O–H groups in total. The quantitative estimate of drug-likeness (QED) is 0.446. The van der Waals surface area contributed by atoms with Crippen LogP contribution < -0.4 is 0 Å². The second-order valence-electron chi connectivity index (χ2n) is 5.23. The molecular weight excluding hydrogens is 325 g/mol. The number of benzene rings is 1. The third-order valence-corrected chi connectivity index (χ3v) is 2.13. The summed E-state index contributed by atoms with van der Waals surface area (Å²) in [6.45, 7) is 9.56. The molecule has 0 spiro atoms. The largest absolute Gasteiger partial charge is 2.00 e. The number of hydrogen-bond donors (Lipinski definition) is 0. The predicted molar refractivity (Wildman–Crippen MR) is 91.2 cm³/mol. The summed E-state index contributed by atoms with van der Waals surface area (Å²) in [4.78, 5) is 0. The van der Waals surface area contributed by atoms with Crippen LogP contribution in [0.5, 0.6) is 0 Å². The van der Waals surface area contributed by atoms with Gasteiger partial charge in [0.05, 0.1) is 0 Å². The third-order valence-electron chi connectivity index (χ3n) is 2.13. The van der Waals surface area contributed by atoms with Crippen LogP contribution in [0.25, 0.3) is 11.3 Å². The van der Waals surface area contributed by atoms with Gasteiger partial charge in [-0.3, -0.25) is 0 Å². The summed E-state index contributed by atoms with van der Waals surface area (Å²) in [5.41, 5.74) is 10.5. The van der Waals surface area contributed by atoms with E-state index in [1.165, 1.54) is 11.1 Å². The first-order chi connectivity index (χ1) is 7.88. The van der Waals surface area contributed by atoms with Gasteiger partial charge in [0.15, 0.2) is 0 Å². The van der Waals surface area contributed by atoms with Crippen molar-refractivity contribution in [1.29, 1.82) is 0 Å². The molecule has 1 aliphatic carbocycles. The number of nitrogens with one attached hydrogen (secondary N) is 1. The molecule has 1 nitrogen and oxygen atoms in total. The van der Waals surface area contributed by atoms with Crippen molar-refractivity contribution in [3.63, 3.8) is 0 Å². The van der Waals surface area contributed by atoms with E-state index < -0.39 is 0 Å². The van der Waals surface area contributed by atoms with Crippen molar-refractivity contribution in [3.8, 4) is 0 Å². The Hall–Kier alpha value is -0.176. The molecule has 0 fully saturated rings. The molecule has 20 heavy (non-hydrogen) atoms. The SMILES string of the molecule is CC(C)(C)[NH-].Cl.Cl.[CH2-]c1ccccc1C1=CC=CC1.[Ti+2]. The van der Waals surface area contributed by atoms with Gasteiger partial charge in [0.2, 0.25) is 0 Å². The van der Waals surface area contributed by atoms with E-state index in [1.807, 2.05) is 26.8 Å². The van der Waals surface area contributed by atoms with Crippen molar-refractivity contribution in [2.75, 3.05) is 0 Å². The fourth-order valence-electron chi connectivity index (χ4n) is 1.48. The molecule has 0 unspecified atom stereocenters. The summed E-state index contributed by atoms with van der Waals surface area (Å²) in [7, 11) is 0. The van der Waals surface area contributed by atoms with Crippen molar-refractivity contribution in [2.45, 2.75) is 32.7 Å². The second-order valence-corrected chi connectivity index (χ2v) is 5.23. The normalized spacial score (nSPS) is 11.9. The van der Waals surface area contributed by atoms with Gasteiger partial charge in [-0.1, -0.05) is 50.6 Å². The molecule has 1 aromatic carbocycles. The zero-order valence-electron chi connectivity index (χ0n) is 12.3. The van der Waals surface area contributed by atoms with Gasteiger partial charge in [-0.05, 0) is 6.42 Å². The molecule has 0 aliphatic heterocycles. The van der Waals surface area contributed by atoms with Crippen LogP contribution in [0.3, 0.4) is 0 Å². The minimum Gasteiger partial charge on any atom is -0.673 e. The summed E-state index contributed by atoms with van der Waals surface area (Å²) < 4.78 is 0. The summed E-state index contributed by atoms with van der Waals surface area (Å²) in [5, 5.41) is 0. The molecule has 0 bridgehead atoms. The zero-order valence-corrected chi connectivity index (χ0v) is 15.5. The van der Waals surface area contributed by atoms with Gasteiger partial charge in [0, 0.05) is 0 Å². The van der Waals surface area contributed by atoms with Crippen LogP contribution in [0.15, 0.2) is 42.5 Å². The van der Waals surface area contributed by atoms with E-state index in [-0.39, 0.29) is 52.1 Å². The summed E-state index contributed by atoms with van der Waals surface area (Å²) in [6.07, 6.45) is 7.47. The summed E-state index contributed by atoms with van der Waals surface area (Å²) >= 11 is 0. The Morgan fingerprint density at radius 1 is 1.10 bits per heavy atom. The van der Waals surface area contributed by atoms with Crippen molar-refractivity contribution in [3.05, 3.63) is 66.3 Å². The van der Waals surface area contributed by atoms with Gasteiger partial charge in [0.25, 0.3) is 0 Å². The van der Waals surface area contributed by atoms with Gasteiger partial charge in [-0.25, -0.2) is 0 Å². The first-order valence-corrected chi connectivity index (χ1v) is 5.90. The Kier molecular flexibility index (Phi) is 14.2. The number of halogens is 2. The molecule has 110 valence electrons. The van der Waals surface area contributed by atoms with E-state index >= 15 is 0 Å². The maximum absolute atomic E-state index is 6.94. The molecular formula is C16H23Cl2NTi. The summed E-state index contributed by atoms with van der Waals surface area (Å²) in [6, 6.07) is 8.26. The van der Waals surface area contributed by atoms with Crippen LogP contribution in [0.2, 0.25) is 0 Å². The first-order valence-electron chi connectivity index (χ1n) is 5.90. The predicted octanol–water partition coefficient (Wildman–Crippen LogP) is 5.89. The van der Waals surface area contributed by atoms with Gasteiger partial charge in [-0.15, -0.1) is 48.0 Å². The number of rotatable bonds is 1. The zero-order chi connectivity index (χ0) is 12.9. The topological polar surface area (TPSA) is 23.8 Å². The molecule has 1 aromatic rings. The fourth-order valence-corrected chi connectivity index (χ4v) is 1.48. The smallest absolute Gasteiger partial charge is 0.673 e. The van der Waals surface area contributed by atoms with Crippen molar-refractivity contribution in [1.82, 2.24) is 0 Å². The molecule has 0 heterocycles. The monoisotopic (exact) mass is 347 g/mol. The first kappa shape index (κ1) is 24.8. The van der Waals surface area contributed by atoms with Crippen LogP contribution in [-0.2, 0) is 21.7 Å². The van der Waals surface area contributed by atoms with E-state index in [0.29, 0.717) is 0 Å². The maximum atomic E-state index is 6.94. The van der Waals surface area contributed by atoms with E-state index in [4.69, 9.17) is 5.73 Å². The van der Waals surface area contributed by atoms with Gasteiger partial charge >= 0.3 is 21.7 Å². The van der Waals surface area contributed by atoms with Crippen LogP contribution in [0.1, 0.15) is 38.3 Å². The fraction of sp³-hybridized carbons (Fsp3) is 0.312. The van der Waals surface area contributed by atoms with Crippen LogP contribution in [0.4, 0.5) is 0 Å². The molecule has 0 amide bonds. The Bertz CT molecular complexity index is 428. The molecule has 1 aliphatic rings. The second kappa shape index (κ2) is 11.5. The van der Waals surface area contributed by atoms with Crippen LogP contribution in [-0.4, -0.2) is 5.54 Å². The molecule has 0 saturated carbocycles. The minimum absolute atomic E-state index is 0. The molecule has 4 heteroatoms. The minimum atomic E-state index is -0.250. The third kappa shape index (κ3) is 10.6. The van der Waals surface area contributed by atoms with Crippen LogP contribution in [0, 0.1) is 6.92 Å². The van der Waals surface area contributed by atoms with Crippen molar-refractivity contribution < 1.29 is 21.7 Å². The Morgan fingerprint density at radius 3 is 2.00 bits per heavy atom. The molecule has 2 rings (SSSR count). The van der Waals surface area contributed by atoms with Gasteiger partial charge in [-0.2, -0.15) is 18.6 Å². The number of allylic oxidation sites excluding steroid dienone is 4. The molecule has 0 atom stereocenters. The van der Waals surface area contributed by atoms with Crippen molar-refractivity contribution in [2.24, 2.45) is 0 Å². The average Bonchev–Trinajstić information content (AvgIpc) is 2.68. The van der Waals surface area contributed by atoms with E-state index in [9.17, 15) is 0 Å². The van der Waals surface area contributed by atoms with E-state index in [1.54, 1.807) is 0 Å². The Labute approximate surface area is 150 Å². The standard InChI is InChI=1S/C12H11.C4H10N.2ClH.Ti/c1-10-6-2-5-9-12(10)11-7-3-4-8-11;1-4(2,3)5;;;/h2-7,9H,1,8H2;5H,1-3H3;2*1H;/q2*-1;;;+2. The van der Waals surface area contributed by atoms with E-state index in [0.717, 1.165) is 12.0 Å². The van der Waals surface area contributed by atoms with Crippen molar-refractivity contribution >= 4 is 30.4 Å². The molecule has 0 saturated heterocycles.